The molecule has 0 spiro atoms. The molecule has 2 N–H and O–H groups in total. The van der Waals surface area contributed by atoms with E-state index in [4.69, 9.17) is 0 Å². The van der Waals surface area contributed by atoms with Crippen LogP contribution < -0.4 is 0 Å². The van der Waals surface area contributed by atoms with Crippen molar-refractivity contribution in [3.63, 3.8) is 0 Å². The van der Waals surface area contributed by atoms with Crippen molar-refractivity contribution < 1.29 is 19.8 Å². The third kappa shape index (κ3) is 2.94. The first-order valence-corrected chi connectivity index (χ1v) is 12.8. The van der Waals surface area contributed by atoms with E-state index in [-0.39, 0.29) is 28.3 Å². The molecule has 5 aliphatic carbocycles. The molecule has 4 heteroatoms. The van der Waals surface area contributed by atoms with Crippen molar-refractivity contribution in [3.8, 4) is 0 Å². The highest BCUT2D eigenvalue weighted by atomic mass is 16.4. The second-order valence-electron chi connectivity index (χ2n) is 12.2. The molecule has 0 radical (unpaired) electrons. The molecule has 178 valence electrons. The van der Waals surface area contributed by atoms with Gasteiger partial charge in [-0.05, 0) is 99.0 Å². The molecule has 0 aromatic heterocycles. The van der Waals surface area contributed by atoms with Gasteiger partial charge in [0.1, 0.15) is 0 Å². The zero-order valence-electron chi connectivity index (χ0n) is 20.8. The monoisotopic (exact) mass is 450 g/mol. The molecular formula is C29H38O4. The first kappa shape index (κ1) is 22.7. The lowest BCUT2D eigenvalue weighted by atomic mass is 9.41. The molecule has 5 rings (SSSR count). The summed E-state index contributed by atoms with van der Waals surface area (Å²) >= 11 is 0. The number of hydrogen-bond acceptors (Lipinski definition) is 3. The van der Waals surface area contributed by atoms with Gasteiger partial charge in [0, 0.05) is 17.1 Å². The molecule has 0 aromatic carbocycles. The molecule has 0 aliphatic heterocycles. The maximum absolute atomic E-state index is 12.9. The summed E-state index contributed by atoms with van der Waals surface area (Å²) in [5, 5.41) is 20.5. The summed E-state index contributed by atoms with van der Waals surface area (Å²) in [6, 6.07) is 0. The van der Waals surface area contributed by atoms with Gasteiger partial charge in [-0.25, -0.2) is 0 Å². The Hall–Kier alpha value is -2.10. The van der Waals surface area contributed by atoms with E-state index in [1.807, 2.05) is 20.8 Å². The van der Waals surface area contributed by atoms with Crippen LogP contribution in [0.2, 0.25) is 0 Å². The molecule has 0 heterocycles. The van der Waals surface area contributed by atoms with Gasteiger partial charge in [0.05, 0.1) is 5.41 Å². The van der Waals surface area contributed by atoms with Crippen LogP contribution in [0.1, 0.15) is 86.0 Å². The number of allylic oxidation sites excluding steroid dienone is 7. The van der Waals surface area contributed by atoms with E-state index < -0.39 is 11.4 Å². The molecule has 0 bridgehead atoms. The number of fused-ring (bicyclic) bond motifs is 7. The average Bonchev–Trinajstić information content (AvgIpc) is 2.78. The SMILES string of the molecule is CCC1=C(O)C(=O)C(C)=C2C1=CC=C1[C@H]2CC[C@H]2[C@H]3CC(C)(C(=O)O)CC[C@]3(C)CC[C@@]12C. The normalized spacial score (nSPS) is 42.6. The van der Waals surface area contributed by atoms with E-state index in [0.717, 1.165) is 61.7 Å². The molecule has 3 saturated carbocycles. The fourth-order valence-electron chi connectivity index (χ4n) is 8.37. The number of ketones is 1. The summed E-state index contributed by atoms with van der Waals surface area (Å²) in [6.45, 7) is 10.7. The number of carboxylic acid groups (broad SMARTS) is 1. The van der Waals surface area contributed by atoms with Crippen LogP contribution in [0, 0.1) is 34.0 Å². The maximum atomic E-state index is 12.9. The zero-order valence-corrected chi connectivity index (χ0v) is 20.8. The summed E-state index contributed by atoms with van der Waals surface area (Å²) in [6.07, 6.45) is 12.0. The maximum Gasteiger partial charge on any atom is 0.309 e. The summed E-state index contributed by atoms with van der Waals surface area (Å²) < 4.78 is 0. The van der Waals surface area contributed by atoms with Gasteiger partial charge < -0.3 is 10.2 Å². The molecule has 1 unspecified atom stereocenters. The van der Waals surface area contributed by atoms with Crippen molar-refractivity contribution in [1.29, 1.82) is 0 Å². The number of aliphatic hydroxyl groups excluding tert-OH is 1. The number of carbonyl (C=O) groups is 2. The predicted molar refractivity (Wildman–Crippen MR) is 129 cm³/mol. The minimum atomic E-state index is -0.643. The fraction of sp³-hybridized carbons (Fsp3) is 0.655. The summed E-state index contributed by atoms with van der Waals surface area (Å²) in [5.74, 6) is 0.177. The molecule has 6 atom stereocenters. The topological polar surface area (TPSA) is 74.6 Å². The highest BCUT2D eigenvalue weighted by Crippen LogP contribution is 2.68. The molecular weight excluding hydrogens is 412 g/mol. The first-order chi connectivity index (χ1) is 15.5. The van der Waals surface area contributed by atoms with E-state index in [2.05, 4.69) is 26.0 Å². The Morgan fingerprint density at radius 2 is 1.76 bits per heavy atom. The number of hydrogen-bond donors (Lipinski definition) is 2. The van der Waals surface area contributed by atoms with Crippen LogP contribution in [0.15, 0.2) is 45.8 Å². The Bertz CT molecular complexity index is 1070. The van der Waals surface area contributed by atoms with Crippen molar-refractivity contribution in [1.82, 2.24) is 0 Å². The van der Waals surface area contributed by atoms with Gasteiger partial charge in [-0.1, -0.05) is 38.5 Å². The number of rotatable bonds is 2. The molecule has 3 fully saturated rings. The molecule has 0 aromatic rings. The first-order valence-electron chi connectivity index (χ1n) is 12.8. The number of aliphatic carboxylic acids is 1. The predicted octanol–water partition coefficient (Wildman–Crippen LogP) is 6.70. The van der Waals surface area contributed by atoms with Gasteiger partial charge in [-0.3, -0.25) is 9.59 Å². The van der Waals surface area contributed by atoms with Gasteiger partial charge in [-0.15, -0.1) is 0 Å². The van der Waals surface area contributed by atoms with Crippen molar-refractivity contribution in [2.45, 2.75) is 86.0 Å². The quantitative estimate of drug-likeness (QED) is 0.491. The van der Waals surface area contributed by atoms with Crippen LogP contribution in [0.3, 0.4) is 0 Å². The smallest absolute Gasteiger partial charge is 0.309 e. The average molecular weight is 451 g/mol. The van der Waals surface area contributed by atoms with E-state index in [9.17, 15) is 19.8 Å². The summed E-state index contributed by atoms with van der Waals surface area (Å²) in [7, 11) is 0. The minimum absolute atomic E-state index is 0.0256. The number of carboxylic acids is 1. The highest BCUT2D eigenvalue weighted by Gasteiger charge is 2.60. The zero-order chi connectivity index (χ0) is 23.9. The van der Waals surface area contributed by atoms with Crippen molar-refractivity contribution >= 4 is 11.8 Å². The molecule has 5 aliphatic rings. The second kappa shape index (κ2) is 7.20. The van der Waals surface area contributed by atoms with Crippen LogP contribution in [-0.2, 0) is 9.59 Å². The Labute approximate surface area is 197 Å². The standard InChI is InChI=1S/C29H38O4/c1-6-17-18-7-9-20-19(23(18)16(2)24(30)25(17)31)8-10-21-22-15-28(4,26(32)33)12-11-27(22,3)13-14-29(20,21)5/h7,9,19,21-22,31H,6,8,10-15H2,1-5H3,(H,32,33)/t19-,21+,22-,27-,28?,29+/m1/s1. The van der Waals surface area contributed by atoms with E-state index in [0.29, 0.717) is 23.8 Å². The highest BCUT2D eigenvalue weighted by molar-refractivity contribution is 6.10. The van der Waals surface area contributed by atoms with E-state index in [1.54, 1.807) is 0 Å². The molecule has 0 amide bonds. The molecule has 4 nitrogen and oxygen atoms in total. The van der Waals surface area contributed by atoms with Crippen LogP contribution in [-0.4, -0.2) is 22.0 Å². The Kier molecular flexibility index (Phi) is 4.95. The summed E-state index contributed by atoms with van der Waals surface area (Å²) in [5.41, 5.74) is 4.74. The Morgan fingerprint density at radius 3 is 2.42 bits per heavy atom. The van der Waals surface area contributed by atoms with Crippen molar-refractivity contribution in [2.24, 2.45) is 34.0 Å². The number of carbonyl (C=O) groups excluding carboxylic acids is 1. The van der Waals surface area contributed by atoms with Crippen LogP contribution >= 0.6 is 0 Å². The van der Waals surface area contributed by atoms with Crippen LogP contribution in [0.4, 0.5) is 0 Å². The van der Waals surface area contributed by atoms with Crippen LogP contribution in [0.25, 0.3) is 0 Å². The van der Waals surface area contributed by atoms with Gasteiger partial charge in [-0.2, -0.15) is 0 Å². The minimum Gasteiger partial charge on any atom is -0.504 e. The number of aliphatic hydroxyl groups is 1. The van der Waals surface area contributed by atoms with Gasteiger partial charge in [0.25, 0.3) is 0 Å². The number of Topliss-reactive ketones (excluding diaryl/α,β-unsaturated/α-hetero) is 1. The summed E-state index contributed by atoms with van der Waals surface area (Å²) in [4.78, 5) is 25.0. The fourth-order valence-corrected chi connectivity index (χ4v) is 8.37. The van der Waals surface area contributed by atoms with Gasteiger partial charge in [0.15, 0.2) is 5.76 Å². The largest absolute Gasteiger partial charge is 0.504 e. The van der Waals surface area contributed by atoms with Crippen molar-refractivity contribution in [3.05, 3.63) is 45.8 Å². The lowest BCUT2D eigenvalue weighted by Gasteiger charge is -2.63. The van der Waals surface area contributed by atoms with E-state index >= 15 is 0 Å². The lowest BCUT2D eigenvalue weighted by Crippen LogP contribution is -2.55. The third-order valence-corrected chi connectivity index (χ3v) is 10.6. The lowest BCUT2D eigenvalue weighted by molar-refractivity contribution is -0.160. The molecule has 33 heavy (non-hydrogen) atoms. The molecule has 0 saturated heterocycles. The van der Waals surface area contributed by atoms with Gasteiger partial charge >= 0.3 is 5.97 Å². The van der Waals surface area contributed by atoms with Crippen molar-refractivity contribution in [2.75, 3.05) is 0 Å². The van der Waals surface area contributed by atoms with Gasteiger partial charge in [0.2, 0.25) is 5.78 Å². The second-order valence-corrected chi connectivity index (χ2v) is 12.2. The van der Waals surface area contributed by atoms with Crippen LogP contribution in [0.5, 0.6) is 0 Å². The Balaban J connectivity index is 1.58. The third-order valence-electron chi connectivity index (χ3n) is 10.6. The Morgan fingerprint density at radius 1 is 1.06 bits per heavy atom. The van der Waals surface area contributed by atoms with E-state index in [1.165, 1.54) is 5.57 Å².